The van der Waals surface area contributed by atoms with Crippen LogP contribution in [0.1, 0.15) is 30.4 Å². The summed E-state index contributed by atoms with van der Waals surface area (Å²) in [6, 6.07) is 0. The molecule has 0 radical (unpaired) electrons. The van der Waals surface area contributed by atoms with Crippen molar-refractivity contribution in [3.05, 3.63) is 24.0 Å². The van der Waals surface area contributed by atoms with Crippen molar-refractivity contribution in [3.63, 3.8) is 0 Å². The first-order valence-electron chi connectivity index (χ1n) is 4.95. The lowest BCUT2D eigenvalue weighted by Gasteiger charge is -1.99. The Kier molecular flexibility index (Phi) is 2.03. The van der Waals surface area contributed by atoms with Crippen LogP contribution in [0.25, 0.3) is 5.13 Å². The molecule has 6 heteroatoms. The summed E-state index contributed by atoms with van der Waals surface area (Å²) in [5.41, 5.74) is 5.58. The summed E-state index contributed by atoms with van der Waals surface area (Å²) in [7, 11) is 0. The van der Waals surface area contributed by atoms with Crippen LogP contribution in [0.2, 0.25) is 0 Å². The summed E-state index contributed by atoms with van der Waals surface area (Å²) in [5.74, 6) is 2.40. The van der Waals surface area contributed by atoms with Gasteiger partial charge in [-0.1, -0.05) is 0 Å². The van der Waals surface area contributed by atoms with Gasteiger partial charge in [0.25, 0.3) is 0 Å². The molecule has 15 heavy (non-hydrogen) atoms. The van der Waals surface area contributed by atoms with E-state index in [4.69, 9.17) is 5.73 Å². The van der Waals surface area contributed by atoms with Crippen molar-refractivity contribution >= 4 is 11.5 Å². The van der Waals surface area contributed by atoms with Crippen LogP contribution in [0.5, 0.6) is 0 Å². The molecule has 0 saturated heterocycles. The highest BCUT2D eigenvalue weighted by Gasteiger charge is 2.28. The molecule has 2 N–H and O–H groups in total. The highest BCUT2D eigenvalue weighted by atomic mass is 32.1. The van der Waals surface area contributed by atoms with Crippen LogP contribution in [0.3, 0.4) is 0 Å². The van der Waals surface area contributed by atoms with Gasteiger partial charge in [-0.3, -0.25) is 4.57 Å². The molecular formula is C9H11N5S. The molecule has 1 aliphatic carbocycles. The fourth-order valence-electron chi connectivity index (χ4n) is 1.49. The maximum atomic E-state index is 5.58. The first kappa shape index (κ1) is 8.99. The summed E-state index contributed by atoms with van der Waals surface area (Å²) in [6.45, 7) is 0.422. The highest BCUT2D eigenvalue weighted by Crippen LogP contribution is 2.39. The van der Waals surface area contributed by atoms with E-state index in [0.717, 1.165) is 16.8 Å². The first-order chi connectivity index (χ1) is 7.38. The molecule has 3 rings (SSSR count). The largest absolute Gasteiger partial charge is 0.324 e. The second-order valence-electron chi connectivity index (χ2n) is 3.63. The van der Waals surface area contributed by atoms with Crippen LogP contribution in [0.4, 0.5) is 0 Å². The van der Waals surface area contributed by atoms with Crippen molar-refractivity contribution in [1.82, 2.24) is 18.9 Å². The van der Waals surface area contributed by atoms with Gasteiger partial charge >= 0.3 is 0 Å². The minimum absolute atomic E-state index is 0.422. The second kappa shape index (κ2) is 3.39. The zero-order valence-corrected chi connectivity index (χ0v) is 8.94. The third-order valence-corrected chi connectivity index (χ3v) is 3.21. The Balaban J connectivity index is 1.97. The van der Waals surface area contributed by atoms with Gasteiger partial charge in [0, 0.05) is 29.8 Å². The van der Waals surface area contributed by atoms with Crippen LogP contribution in [-0.4, -0.2) is 18.9 Å². The van der Waals surface area contributed by atoms with Crippen LogP contribution in [0, 0.1) is 0 Å². The van der Waals surface area contributed by atoms with Crippen molar-refractivity contribution in [3.8, 4) is 5.13 Å². The van der Waals surface area contributed by atoms with E-state index in [1.54, 1.807) is 6.20 Å². The average molecular weight is 221 g/mol. The van der Waals surface area contributed by atoms with Gasteiger partial charge in [-0.05, 0) is 12.8 Å². The Morgan fingerprint density at radius 3 is 3.13 bits per heavy atom. The smallest absolute Gasteiger partial charge is 0.214 e. The number of rotatable bonds is 3. The van der Waals surface area contributed by atoms with E-state index in [9.17, 15) is 0 Å². The van der Waals surface area contributed by atoms with Gasteiger partial charge in [0.05, 0.1) is 6.54 Å². The fraction of sp³-hybridized carbons (Fsp3) is 0.444. The van der Waals surface area contributed by atoms with E-state index in [1.807, 2.05) is 10.8 Å². The van der Waals surface area contributed by atoms with E-state index in [1.165, 1.54) is 24.4 Å². The number of nitrogens with two attached hydrogens (primary N) is 1. The monoisotopic (exact) mass is 221 g/mol. The lowest BCUT2D eigenvalue weighted by molar-refractivity contribution is 0.851. The summed E-state index contributed by atoms with van der Waals surface area (Å²) in [4.78, 5) is 8.66. The maximum Gasteiger partial charge on any atom is 0.214 e. The molecule has 1 fully saturated rings. The molecule has 0 atom stereocenters. The van der Waals surface area contributed by atoms with Crippen LogP contribution < -0.4 is 5.73 Å². The molecule has 1 aliphatic rings. The van der Waals surface area contributed by atoms with Gasteiger partial charge in [-0.2, -0.15) is 4.37 Å². The van der Waals surface area contributed by atoms with Gasteiger partial charge < -0.3 is 5.73 Å². The number of hydrogen-bond acceptors (Lipinski definition) is 5. The highest BCUT2D eigenvalue weighted by molar-refractivity contribution is 7.08. The molecule has 78 valence electrons. The van der Waals surface area contributed by atoms with Crippen molar-refractivity contribution in [2.45, 2.75) is 25.3 Å². The number of nitrogens with zero attached hydrogens (tertiary/aromatic N) is 4. The Labute approximate surface area is 91.1 Å². The Morgan fingerprint density at radius 2 is 2.40 bits per heavy atom. The van der Waals surface area contributed by atoms with E-state index in [-0.39, 0.29) is 0 Å². The molecule has 2 aromatic rings. The Hall–Kier alpha value is -1.27. The molecule has 0 amide bonds. The Bertz CT molecular complexity index is 470. The van der Waals surface area contributed by atoms with E-state index < -0.39 is 0 Å². The third kappa shape index (κ3) is 1.55. The minimum atomic E-state index is 0.422. The normalized spacial score (nSPS) is 15.8. The standard InChI is InChI=1S/C9H11N5S/c10-5-7-11-3-4-14(7)9-12-8(13-15-9)6-1-2-6/h3-4,6H,1-2,5,10H2. The molecule has 2 aromatic heterocycles. The average Bonchev–Trinajstić information content (AvgIpc) is 2.83. The molecule has 5 nitrogen and oxygen atoms in total. The molecule has 0 aliphatic heterocycles. The fourth-order valence-corrected chi connectivity index (χ4v) is 2.24. The van der Waals surface area contributed by atoms with E-state index >= 15 is 0 Å². The van der Waals surface area contributed by atoms with Crippen molar-refractivity contribution in [2.24, 2.45) is 5.73 Å². The quantitative estimate of drug-likeness (QED) is 0.841. The number of aromatic nitrogens is 4. The Morgan fingerprint density at radius 1 is 1.53 bits per heavy atom. The minimum Gasteiger partial charge on any atom is -0.324 e. The van der Waals surface area contributed by atoms with E-state index in [0.29, 0.717) is 12.5 Å². The van der Waals surface area contributed by atoms with Crippen LogP contribution in [0.15, 0.2) is 12.4 Å². The van der Waals surface area contributed by atoms with Crippen LogP contribution >= 0.6 is 11.5 Å². The summed E-state index contributed by atoms with van der Waals surface area (Å²) >= 11 is 1.41. The number of imidazole rings is 1. The van der Waals surface area contributed by atoms with Gasteiger partial charge in [-0.25, -0.2) is 9.97 Å². The summed E-state index contributed by atoms with van der Waals surface area (Å²) in [5, 5.41) is 0.870. The number of hydrogen-bond donors (Lipinski definition) is 1. The molecule has 0 spiro atoms. The first-order valence-corrected chi connectivity index (χ1v) is 5.72. The molecule has 0 bridgehead atoms. The predicted octanol–water partition coefficient (Wildman–Crippen LogP) is 1.06. The van der Waals surface area contributed by atoms with Gasteiger partial charge in [0.1, 0.15) is 11.6 Å². The molecular weight excluding hydrogens is 210 g/mol. The maximum absolute atomic E-state index is 5.58. The summed E-state index contributed by atoms with van der Waals surface area (Å²) in [6.07, 6.45) is 6.06. The van der Waals surface area contributed by atoms with E-state index in [2.05, 4.69) is 14.3 Å². The lowest BCUT2D eigenvalue weighted by Crippen LogP contribution is -2.05. The third-order valence-electron chi connectivity index (χ3n) is 2.48. The lowest BCUT2D eigenvalue weighted by atomic mass is 10.4. The predicted molar refractivity (Wildman–Crippen MR) is 56.9 cm³/mol. The SMILES string of the molecule is NCc1nccn1-c1nc(C2CC2)ns1. The zero-order chi connectivity index (χ0) is 10.3. The summed E-state index contributed by atoms with van der Waals surface area (Å²) < 4.78 is 6.26. The van der Waals surface area contributed by atoms with Crippen molar-refractivity contribution in [2.75, 3.05) is 0 Å². The van der Waals surface area contributed by atoms with Crippen LogP contribution in [-0.2, 0) is 6.54 Å². The van der Waals surface area contributed by atoms with Crippen molar-refractivity contribution < 1.29 is 0 Å². The topological polar surface area (TPSA) is 69.6 Å². The van der Waals surface area contributed by atoms with Crippen molar-refractivity contribution in [1.29, 1.82) is 0 Å². The molecule has 1 saturated carbocycles. The molecule has 2 heterocycles. The van der Waals surface area contributed by atoms with Gasteiger partial charge in [0.15, 0.2) is 0 Å². The molecule has 0 aromatic carbocycles. The zero-order valence-electron chi connectivity index (χ0n) is 8.13. The van der Waals surface area contributed by atoms with Gasteiger partial charge in [-0.15, -0.1) is 0 Å². The second-order valence-corrected chi connectivity index (χ2v) is 4.36. The van der Waals surface area contributed by atoms with Gasteiger partial charge in [0.2, 0.25) is 5.13 Å². The molecule has 0 unspecified atom stereocenters.